The van der Waals surface area contributed by atoms with Crippen molar-refractivity contribution in [3.63, 3.8) is 0 Å². The normalized spacial score (nSPS) is 10.2. The monoisotopic (exact) mass is 218 g/mol. The first-order valence-corrected chi connectivity index (χ1v) is 5.43. The van der Waals surface area contributed by atoms with Gasteiger partial charge >= 0.3 is 0 Å². The maximum Gasteiger partial charge on any atom is 0.167 e. The van der Waals surface area contributed by atoms with Crippen LogP contribution in [0.5, 0.6) is 5.75 Å². The Balaban J connectivity index is 2.81. The van der Waals surface area contributed by atoms with Gasteiger partial charge in [0.15, 0.2) is 5.78 Å². The molecule has 0 saturated heterocycles. The Morgan fingerprint density at radius 1 is 1.44 bits per heavy atom. The highest BCUT2D eigenvalue weighted by Crippen LogP contribution is 2.17. The van der Waals surface area contributed by atoms with E-state index in [4.69, 9.17) is 4.74 Å². The van der Waals surface area contributed by atoms with E-state index in [-0.39, 0.29) is 11.9 Å². The van der Waals surface area contributed by atoms with E-state index < -0.39 is 0 Å². The van der Waals surface area contributed by atoms with Crippen LogP contribution in [0.25, 0.3) is 0 Å². The lowest BCUT2D eigenvalue weighted by Gasteiger charge is -2.10. The van der Waals surface area contributed by atoms with E-state index in [1.165, 1.54) is 0 Å². The highest BCUT2D eigenvalue weighted by molar-refractivity contribution is 5.97. The SMILES string of the molecule is C=C(C)CC(=O)c1cccc(OC(C)C)c1. The molecule has 1 rings (SSSR count). The molecule has 16 heavy (non-hydrogen) atoms. The summed E-state index contributed by atoms with van der Waals surface area (Å²) in [6, 6.07) is 7.28. The second-order valence-corrected chi connectivity index (χ2v) is 4.25. The number of allylic oxidation sites excluding steroid dienone is 1. The summed E-state index contributed by atoms with van der Waals surface area (Å²) in [5, 5.41) is 0. The molecule has 0 fully saturated rings. The van der Waals surface area contributed by atoms with Crippen molar-refractivity contribution >= 4 is 5.78 Å². The Morgan fingerprint density at radius 2 is 2.12 bits per heavy atom. The van der Waals surface area contributed by atoms with Crippen molar-refractivity contribution in [2.24, 2.45) is 0 Å². The van der Waals surface area contributed by atoms with Crippen molar-refractivity contribution in [2.45, 2.75) is 33.3 Å². The van der Waals surface area contributed by atoms with Gasteiger partial charge in [-0.05, 0) is 32.9 Å². The van der Waals surface area contributed by atoms with Crippen LogP contribution in [-0.4, -0.2) is 11.9 Å². The van der Waals surface area contributed by atoms with Crippen LogP contribution in [0.4, 0.5) is 0 Å². The van der Waals surface area contributed by atoms with Crippen LogP contribution in [0, 0.1) is 0 Å². The molecule has 0 bridgehead atoms. The van der Waals surface area contributed by atoms with Gasteiger partial charge in [-0.15, -0.1) is 0 Å². The molecule has 0 heterocycles. The summed E-state index contributed by atoms with van der Waals surface area (Å²) in [5.41, 5.74) is 1.56. The quantitative estimate of drug-likeness (QED) is 0.557. The average molecular weight is 218 g/mol. The highest BCUT2D eigenvalue weighted by atomic mass is 16.5. The number of hydrogen-bond donors (Lipinski definition) is 0. The molecule has 1 aromatic carbocycles. The first-order valence-electron chi connectivity index (χ1n) is 5.43. The van der Waals surface area contributed by atoms with Crippen molar-refractivity contribution in [3.05, 3.63) is 42.0 Å². The molecular formula is C14H18O2. The first-order chi connectivity index (χ1) is 7.49. The minimum Gasteiger partial charge on any atom is -0.491 e. The number of rotatable bonds is 5. The molecule has 0 aliphatic heterocycles. The fraction of sp³-hybridized carbons (Fsp3) is 0.357. The summed E-state index contributed by atoms with van der Waals surface area (Å²) in [6.07, 6.45) is 0.511. The molecule has 0 aliphatic carbocycles. The van der Waals surface area contributed by atoms with Gasteiger partial charge in [-0.1, -0.05) is 24.3 Å². The van der Waals surface area contributed by atoms with Crippen molar-refractivity contribution in [1.82, 2.24) is 0 Å². The zero-order valence-corrected chi connectivity index (χ0v) is 10.1. The molecule has 0 N–H and O–H groups in total. The molecule has 2 heteroatoms. The summed E-state index contributed by atoms with van der Waals surface area (Å²) in [7, 11) is 0. The first kappa shape index (κ1) is 12.5. The molecule has 0 spiro atoms. The molecule has 0 atom stereocenters. The maximum atomic E-state index is 11.8. The van der Waals surface area contributed by atoms with Gasteiger partial charge in [0.1, 0.15) is 5.75 Å². The summed E-state index contributed by atoms with van der Waals surface area (Å²) < 4.78 is 5.54. The number of ketones is 1. The topological polar surface area (TPSA) is 26.3 Å². The van der Waals surface area contributed by atoms with E-state index >= 15 is 0 Å². The van der Waals surface area contributed by atoms with Gasteiger partial charge in [0.25, 0.3) is 0 Å². The molecule has 0 aromatic heterocycles. The average Bonchev–Trinajstić information content (AvgIpc) is 2.16. The van der Waals surface area contributed by atoms with Gasteiger partial charge in [-0.2, -0.15) is 0 Å². The van der Waals surface area contributed by atoms with Crippen LogP contribution in [0.15, 0.2) is 36.4 Å². The summed E-state index contributed by atoms with van der Waals surface area (Å²) in [6.45, 7) is 9.51. The summed E-state index contributed by atoms with van der Waals surface area (Å²) in [4.78, 5) is 11.8. The molecule has 0 aliphatic rings. The van der Waals surface area contributed by atoms with E-state index in [2.05, 4.69) is 6.58 Å². The number of Topliss-reactive ketones (excluding diaryl/α,β-unsaturated/α-hetero) is 1. The zero-order chi connectivity index (χ0) is 12.1. The summed E-state index contributed by atoms with van der Waals surface area (Å²) >= 11 is 0. The zero-order valence-electron chi connectivity index (χ0n) is 10.1. The third-order valence-electron chi connectivity index (χ3n) is 1.99. The number of ether oxygens (including phenoxy) is 1. The predicted molar refractivity (Wildman–Crippen MR) is 66.0 cm³/mol. The van der Waals surface area contributed by atoms with Crippen LogP contribution in [0.2, 0.25) is 0 Å². The fourth-order valence-corrected chi connectivity index (χ4v) is 1.39. The lowest BCUT2D eigenvalue weighted by molar-refractivity contribution is 0.0992. The molecule has 0 amide bonds. The Bertz CT molecular complexity index is 391. The number of benzene rings is 1. The van der Waals surface area contributed by atoms with Gasteiger partial charge in [-0.3, -0.25) is 4.79 Å². The van der Waals surface area contributed by atoms with Crippen LogP contribution in [-0.2, 0) is 0 Å². The van der Waals surface area contributed by atoms with Crippen LogP contribution < -0.4 is 4.74 Å². The Morgan fingerprint density at radius 3 is 2.69 bits per heavy atom. The number of carbonyl (C=O) groups excluding carboxylic acids is 1. The third kappa shape index (κ3) is 3.89. The van der Waals surface area contributed by atoms with E-state index in [1.54, 1.807) is 12.1 Å². The minimum absolute atomic E-state index is 0.0849. The van der Waals surface area contributed by atoms with Gasteiger partial charge in [0.05, 0.1) is 6.10 Å². The van der Waals surface area contributed by atoms with Crippen molar-refractivity contribution in [3.8, 4) is 5.75 Å². The molecule has 0 saturated carbocycles. The van der Waals surface area contributed by atoms with Gasteiger partial charge < -0.3 is 4.74 Å². The smallest absolute Gasteiger partial charge is 0.167 e. The molecule has 1 aromatic rings. The standard InChI is InChI=1S/C14H18O2/c1-10(2)8-14(15)12-6-5-7-13(9-12)16-11(3)4/h5-7,9,11H,1,8H2,2-4H3. The number of carbonyl (C=O) groups is 1. The molecule has 0 unspecified atom stereocenters. The van der Waals surface area contributed by atoms with Gasteiger partial charge in [-0.25, -0.2) is 0 Å². The fourth-order valence-electron chi connectivity index (χ4n) is 1.39. The summed E-state index contributed by atoms with van der Waals surface area (Å²) in [5.74, 6) is 0.823. The minimum atomic E-state index is 0.0849. The van der Waals surface area contributed by atoms with Gasteiger partial charge in [0.2, 0.25) is 0 Å². The van der Waals surface area contributed by atoms with Crippen LogP contribution in [0.3, 0.4) is 0 Å². The van der Waals surface area contributed by atoms with E-state index in [1.807, 2.05) is 32.9 Å². The molecule has 0 radical (unpaired) electrons. The Labute approximate surface area is 96.9 Å². The van der Waals surface area contributed by atoms with Crippen LogP contribution in [0.1, 0.15) is 37.6 Å². The number of hydrogen-bond acceptors (Lipinski definition) is 2. The Hall–Kier alpha value is -1.57. The molecule has 2 nitrogen and oxygen atoms in total. The van der Waals surface area contributed by atoms with E-state index in [9.17, 15) is 4.79 Å². The second-order valence-electron chi connectivity index (χ2n) is 4.25. The molecular weight excluding hydrogens is 200 g/mol. The second kappa shape index (κ2) is 5.50. The van der Waals surface area contributed by atoms with E-state index in [0.717, 1.165) is 11.3 Å². The van der Waals surface area contributed by atoms with Crippen molar-refractivity contribution < 1.29 is 9.53 Å². The third-order valence-corrected chi connectivity index (χ3v) is 1.99. The molecule has 86 valence electrons. The predicted octanol–water partition coefficient (Wildman–Crippen LogP) is 3.62. The largest absolute Gasteiger partial charge is 0.491 e. The lowest BCUT2D eigenvalue weighted by Crippen LogP contribution is -2.06. The van der Waals surface area contributed by atoms with Crippen molar-refractivity contribution in [1.29, 1.82) is 0 Å². The maximum absolute atomic E-state index is 11.8. The Kier molecular flexibility index (Phi) is 4.29. The lowest BCUT2D eigenvalue weighted by atomic mass is 10.0. The highest BCUT2D eigenvalue weighted by Gasteiger charge is 2.07. The van der Waals surface area contributed by atoms with Crippen molar-refractivity contribution in [2.75, 3.05) is 0 Å². The van der Waals surface area contributed by atoms with Crippen LogP contribution >= 0.6 is 0 Å². The van der Waals surface area contributed by atoms with Gasteiger partial charge in [0, 0.05) is 12.0 Å². The van der Waals surface area contributed by atoms with E-state index in [0.29, 0.717) is 12.0 Å².